The number of aromatic nitrogens is 2. The molecule has 0 unspecified atom stereocenters. The van der Waals surface area contributed by atoms with Gasteiger partial charge in [0.05, 0.1) is 17.9 Å². The van der Waals surface area contributed by atoms with Gasteiger partial charge in [0.15, 0.2) is 0 Å². The van der Waals surface area contributed by atoms with Crippen LogP contribution in [0.2, 0.25) is 0 Å². The second-order valence-electron chi connectivity index (χ2n) is 6.32. The number of nitrogens with one attached hydrogen (secondary N) is 1. The van der Waals surface area contributed by atoms with Crippen LogP contribution in [0.5, 0.6) is 0 Å². The molecule has 2 heterocycles. The van der Waals surface area contributed by atoms with Gasteiger partial charge in [-0.25, -0.2) is 4.68 Å². The number of benzene rings is 1. The van der Waals surface area contributed by atoms with Gasteiger partial charge >= 0.3 is 0 Å². The first-order chi connectivity index (χ1) is 11.6. The van der Waals surface area contributed by atoms with Gasteiger partial charge in [0.1, 0.15) is 0 Å². The molecule has 1 saturated heterocycles. The monoisotopic (exact) mass is 363 g/mol. The number of hydrogen-bond acceptors (Lipinski definition) is 4. The molecule has 1 aromatic heterocycles. The molecule has 0 aliphatic carbocycles. The van der Waals surface area contributed by atoms with Crippen molar-refractivity contribution in [2.45, 2.75) is 13.5 Å². The molecule has 136 valence electrons. The molecule has 1 amide bonds. The van der Waals surface area contributed by atoms with Crippen LogP contribution < -0.4 is 5.32 Å². The highest BCUT2D eigenvalue weighted by molar-refractivity contribution is 5.85. The van der Waals surface area contributed by atoms with E-state index in [1.165, 1.54) is 5.56 Å². The maximum absolute atomic E-state index is 12.4. The fourth-order valence-corrected chi connectivity index (χ4v) is 3.05. The van der Waals surface area contributed by atoms with Crippen molar-refractivity contribution in [2.24, 2.45) is 0 Å². The number of carbonyl (C=O) groups is 1. The Bertz CT molecular complexity index is 696. The molecule has 7 heteroatoms. The Morgan fingerprint density at radius 1 is 1.24 bits per heavy atom. The van der Waals surface area contributed by atoms with Crippen LogP contribution in [0.1, 0.15) is 11.3 Å². The van der Waals surface area contributed by atoms with E-state index in [4.69, 9.17) is 0 Å². The predicted molar refractivity (Wildman–Crippen MR) is 101 cm³/mol. The summed E-state index contributed by atoms with van der Waals surface area (Å²) < 4.78 is 1.96. The highest BCUT2D eigenvalue weighted by Crippen LogP contribution is 2.16. The van der Waals surface area contributed by atoms with Crippen molar-refractivity contribution in [1.29, 1.82) is 0 Å². The summed E-state index contributed by atoms with van der Waals surface area (Å²) in [4.78, 5) is 16.4. The zero-order valence-corrected chi connectivity index (χ0v) is 15.6. The fraction of sp³-hybridized carbons (Fsp3) is 0.444. The number of nitrogens with zero attached hydrogens (tertiary/aromatic N) is 4. The minimum absolute atomic E-state index is 0. The first kappa shape index (κ1) is 19.4. The van der Waals surface area contributed by atoms with Crippen LogP contribution in [0.25, 0.3) is 5.69 Å². The van der Waals surface area contributed by atoms with Gasteiger partial charge in [-0.05, 0) is 31.7 Å². The summed E-state index contributed by atoms with van der Waals surface area (Å²) in [5.74, 6) is 0.195. The molecule has 1 aliphatic heterocycles. The van der Waals surface area contributed by atoms with E-state index in [2.05, 4.69) is 34.4 Å². The van der Waals surface area contributed by atoms with E-state index in [9.17, 15) is 4.79 Å². The van der Waals surface area contributed by atoms with Crippen molar-refractivity contribution in [3.05, 3.63) is 47.8 Å². The maximum atomic E-state index is 12.4. The number of amides is 1. The molecule has 1 aliphatic rings. The number of halogens is 1. The van der Waals surface area contributed by atoms with Crippen LogP contribution >= 0.6 is 12.4 Å². The topological polar surface area (TPSA) is 53.4 Å². The molecule has 1 aromatic carbocycles. The smallest absolute Gasteiger partial charge is 0.236 e. The molecular formula is C18H26ClN5O. The average Bonchev–Trinajstić information content (AvgIpc) is 3.03. The number of rotatable bonds is 5. The molecule has 1 N–H and O–H groups in total. The minimum Gasteiger partial charge on any atom is -0.339 e. The summed E-state index contributed by atoms with van der Waals surface area (Å²) in [5, 5.41) is 7.73. The number of piperazine rings is 1. The molecule has 0 saturated carbocycles. The van der Waals surface area contributed by atoms with Gasteiger partial charge in [0, 0.05) is 38.9 Å². The van der Waals surface area contributed by atoms with Crippen LogP contribution in [0, 0.1) is 6.92 Å². The van der Waals surface area contributed by atoms with E-state index in [0.717, 1.165) is 37.6 Å². The summed E-state index contributed by atoms with van der Waals surface area (Å²) in [7, 11) is 1.98. The molecular weight excluding hydrogens is 338 g/mol. The average molecular weight is 364 g/mol. The van der Waals surface area contributed by atoms with Crippen LogP contribution in [-0.4, -0.2) is 65.3 Å². The van der Waals surface area contributed by atoms with Gasteiger partial charge in [-0.15, -0.1) is 12.4 Å². The van der Waals surface area contributed by atoms with Gasteiger partial charge in [0.2, 0.25) is 5.91 Å². The quantitative estimate of drug-likeness (QED) is 0.874. The van der Waals surface area contributed by atoms with Crippen molar-refractivity contribution in [3.8, 4) is 5.69 Å². The van der Waals surface area contributed by atoms with Crippen molar-refractivity contribution in [3.63, 3.8) is 0 Å². The lowest BCUT2D eigenvalue weighted by Gasteiger charge is -2.29. The van der Waals surface area contributed by atoms with Crippen molar-refractivity contribution < 1.29 is 4.79 Å². The summed E-state index contributed by atoms with van der Waals surface area (Å²) in [6.07, 6.45) is 1.81. The van der Waals surface area contributed by atoms with Crippen LogP contribution in [0.3, 0.4) is 0 Å². The number of aryl methyl sites for hydroxylation is 1. The zero-order chi connectivity index (χ0) is 16.9. The van der Waals surface area contributed by atoms with Crippen molar-refractivity contribution in [1.82, 2.24) is 24.9 Å². The Balaban J connectivity index is 0.00000225. The Morgan fingerprint density at radius 3 is 2.68 bits per heavy atom. The lowest BCUT2D eigenvalue weighted by Crippen LogP contribution is -2.49. The van der Waals surface area contributed by atoms with E-state index in [-0.39, 0.29) is 18.3 Å². The number of para-hydroxylation sites is 1. The first-order valence-electron chi connectivity index (χ1n) is 8.41. The molecule has 0 bridgehead atoms. The summed E-state index contributed by atoms with van der Waals surface area (Å²) in [6, 6.07) is 10.2. The standard InChI is InChI=1S/C18H25N5O.ClH/c1-15-5-3-4-6-17(15)23-16(7-8-20-23)13-21(2)14-18(24)22-11-9-19-10-12-22;/h3-8,19H,9-14H2,1-2H3;1H. The van der Waals surface area contributed by atoms with Crippen LogP contribution in [-0.2, 0) is 11.3 Å². The molecule has 1 fully saturated rings. The largest absolute Gasteiger partial charge is 0.339 e. The summed E-state index contributed by atoms with van der Waals surface area (Å²) in [5.41, 5.74) is 3.35. The highest BCUT2D eigenvalue weighted by atomic mass is 35.5. The molecule has 6 nitrogen and oxygen atoms in total. The van der Waals surface area contributed by atoms with Gasteiger partial charge in [-0.2, -0.15) is 5.10 Å². The number of carbonyl (C=O) groups excluding carboxylic acids is 1. The molecule has 2 aromatic rings. The Kier molecular flexibility index (Phi) is 6.99. The van der Waals surface area contributed by atoms with Gasteiger partial charge < -0.3 is 10.2 Å². The van der Waals surface area contributed by atoms with E-state index < -0.39 is 0 Å². The third kappa shape index (κ3) is 4.81. The normalized spacial score (nSPS) is 14.4. The zero-order valence-electron chi connectivity index (χ0n) is 14.8. The van der Waals surface area contributed by atoms with Gasteiger partial charge in [-0.1, -0.05) is 18.2 Å². The third-order valence-corrected chi connectivity index (χ3v) is 4.37. The lowest BCUT2D eigenvalue weighted by atomic mass is 10.2. The summed E-state index contributed by atoms with van der Waals surface area (Å²) in [6.45, 7) is 6.57. The van der Waals surface area contributed by atoms with E-state index in [1.807, 2.05) is 41.0 Å². The van der Waals surface area contributed by atoms with Gasteiger partial charge in [-0.3, -0.25) is 9.69 Å². The van der Waals surface area contributed by atoms with E-state index in [1.54, 1.807) is 0 Å². The molecule has 0 atom stereocenters. The van der Waals surface area contributed by atoms with E-state index in [0.29, 0.717) is 13.1 Å². The van der Waals surface area contributed by atoms with E-state index >= 15 is 0 Å². The second kappa shape index (κ2) is 8.99. The minimum atomic E-state index is 0. The number of likely N-dealkylation sites (N-methyl/N-ethyl adjacent to an activating group) is 1. The highest BCUT2D eigenvalue weighted by Gasteiger charge is 2.18. The summed E-state index contributed by atoms with van der Waals surface area (Å²) >= 11 is 0. The molecule has 0 radical (unpaired) electrons. The first-order valence-corrected chi connectivity index (χ1v) is 8.41. The van der Waals surface area contributed by atoms with Crippen molar-refractivity contribution >= 4 is 18.3 Å². The molecule has 3 rings (SSSR count). The SMILES string of the molecule is Cc1ccccc1-n1nccc1CN(C)CC(=O)N1CCNCC1.Cl. The Hall–Kier alpha value is -1.89. The van der Waals surface area contributed by atoms with Crippen LogP contribution in [0.4, 0.5) is 0 Å². The maximum Gasteiger partial charge on any atom is 0.236 e. The third-order valence-electron chi connectivity index (χ3n) is 4.37. The number of hydrogen-bond donors (Lipinski definition) is 1. The second-order valence-corrected chi connectivity index (χ2v) is 6.32. The molecule has 0 spiro atoms. The Labute approximate surface area is 155 Å². The lowest BCUT2D eigenvalue weighted by molar-refractivity contribution is -0.132. The molecule has 25 heavy (non-hydrogen) atoms. The van der Waals surface area contributed by atoms with Gasteiger partial charge in [0.25, 0.3) is 0 Å². The Morgan fingerprint density at radius 2 is 1.96 bits per heavy atom. The van der Waals surface area contributed by atoms with Crippen molar-refractivity contribution in [2.75, 3.05) is 39.8 Å². The van der Waals surface area contributed by atoms with Crippen LogP contribution in [0.15, 0.2) is 36.5 Å². The predicted octanol–water partition coefficient (Wildman–Crippen LogP) is 1.47. The fourth-order valence-electron chi connectivity index (χ4n) is 3.05.